The Morgan fingerprint density at radius 2 is 1.94 bits per heavy atom. The Bertz CT molecular complexity index is 350. The quantitative estimate of drug-likeness (QED) is 0.867. The van der Waals surface area contributed by atoms with Crippen LogP contribution in [0.25, 0.3) is 0 Å². The van der Waals surface area contributed by atoms with E-state index in [9.17, 15) is 0 Å². The second-order valence-corrected chi connectivity index (χ2v) is 5.17. The van der Waals surface area contributed by atoms with Crippen LogP contribution in [0.5, 0.6) is 0 Å². The molecule has 1 unspecified atom stereocenters. The molecule has 1 heterocycles. The fourth-order valence-corrected chi connectivity index (χ4v) is 2.44. The van der Waals surface area contributed by atoms with Gasteiger partial charge in [0, 0.05) is 12.6 Å². The van der Waals surface area contributed by atoms with Crippen LogP contribution >= 0.6 is 0 Å². The molecule has 1 aromatic rings. The third-order valence-electron chi connectivity index (χ3n) is 3.76. The molecule has 0 spiro atoms. The standard InChI is InChI=1S/C15H24N2O/c1-17-9-3-2-4-15(17)12-18-11-14-7-5-13(10-16)6-8-14/h5-8,15H,2-4,9-12,16H2,1H3. The average Bonchev–Trinajstić information content (AvgIpc) is 2.42. The van der Waals surface area contributed by atoms with Crippen molar-refractivity contribution < 1.29 is 4.74 Å². The first-order valence-corrected chi connectivity index (χ1v) is 6.85. The molecule has 1 fully saturated rings. The van der Waals surface area contributed by atoms with Gasteiger partial charge in [-0.3, -0.25) is 0 Å². The minimum atomic E-state index is 0.599. The maximum absolute atomic E-state index is 5.83. The molecule has 2 N–H and O–H groups in total. The summed E-state index contributed by atoms with van der Waals surface area (Å²) in [6.45, 7) is 3.36. The maximum atomic E-state index is 5.83. The molecular weight excluding hydrogens is 224 g/mol. The van der Waals surface area contributed by atoms with E-state index in [1.54, 1.807) is 0 Å². The van der Waals surface area contributed by atoms with Gasteiger partial charge < -0.3 is 15.4 Å². The molecule has 1 aromatic carbocycles. The van der Waals surface area contributed by atoms with Gasteiger partial charge in [0.2, 0.25) is 0 Å². The molecule has 100 valence electrons. The van der Waals surface area contributed by atoms with Crippen LogP contribution in [0.15, 0.2) is 24.3 Å². The Morgan fingerprint density at radius 1 is 1.22 bits per heavy atom. The van der Waals surface area contributed by atoms with Crippen LogP contribution in [0.1, 0.15) is 30.4 Å². The van der Waals surface area contributed by atoms with Crippen molar-refractivity contribution in [1.82, 2.24) is 4.90 Å². The lowest BCUT2D eigenvalue weighted by molar-refractivity contribution is 0.0444. The number of rotatable bonds is 5. The molecule has 0 amide bonds. The molecule has 1 aliphatic heterocycles. The van der Waals surface area contributed by atoms with E-state index in [1.807, 2.05) is 0 Å². The number of likely N-dealkylation sites (N-methyl/N-ethyl adjacent to an activating group) is 1. The number of nitrogens with two attached hydrogens (primary N) is 1. The lowest BCUT2D eigenvalue weighted by Gasteiger charge is -2.32. The van der Waals surface area contributed by atoms with Crippen LogP contribution < -0.4 is 5.73 Å². The number of piperidine rings is 1. The third-order valence-corrected chi connectivity index (χ3v) is 3.76. The van der Waals surface area contributed by atoms with E-state index in [4.69, 9.17) is 10.5 Å². The second kappa shape index (κ2) is 6.88. The van der Waals surface area contributed by atoms with Crippen molar-refractivity contribution in [3.05, 3.63) is 35.4 Å². The smallest absolute Gasteiger partial charge is 0.0717 e. The summed E-state index contributed by atoms with van der Waals surface area (Å²) in [5, 5.41) is 0. The molecule has 0 bridgehead atoms. The van der Waals surface area contributed by atoms with E-state index in [0.29, 0.717) is 19.2 Å². The predicted molar refractivity (Wildman–Crippen MR) is 74.3 cm³/mol. The fourth-order valence-electron chi connectivity index (χ4n) is 2.44. The maximum Gasteiger partial charge on any atom is 0.0717 e. The largest absolute Gasteiger partial charge is 0.375 e. The van der Waals surface area contributed by atoms with Crippen LogP contribution in [-0.2, 0) is 17.9 Å². The summed E-state index contributed by atoms with van der Waals surface area (Å²) in [6, 6.07) is 8.96. The van der Waals surface area contributed by atoms with Gasteiger partial charge in [0.25, 0.3) is 0 Å². The summed E-state index contributed by atoms with van der Waals surface area (Å²) in [5.74, 6) is 0. The van der Waals surface area contributed by atoms with Gasteiger partial charge in [0.05, 0.1) is 13.2 Å². The second-order valence-electron chi connectivity index (χ2n) is 5.17. The summed E-state index contributed by atoms with van der Waals surface area (Å²) >= 11 is 0. The topological polar surface area (TPSA) is 38.5 Å². The molecule has 3 heteroatoms. The molecule has 2 rings (SSSR count). The predicted octanol–water partition coefficient (Wildman–Crippen LogP) is 2.15. The van der Waals surface area contributed by atoms with Crippen LogP contribution in [0.4, 0.5) is 0 Å². The summed E-state index contributed by atoms with van der Waals surface area (Å²) < 4.78 is 5.83. The molecule has 3 nitrogen and oxygen atoms in total. The first-order chi connectivity index (χ1) is 8.79. The van der Waals surface area contributed by atoms with E-state index in [1.165, 1.54) is 36.9 Å². The van der Waals surface area contributed by atoms with Crippen LogP contribution in [0.3, 0.4) is 0 Å². The molecule has 0 aliphatic carbocycles. The van der Waals surface area contributed by atoms with Gasteiger partial charge in [-0.15, -0.1) is 0 Å². The fraction of sp³-hybridized carbons (Fsp3) is 0.600. The van der Waals surface area contributed by atoms with E-state index < -0.39 is 0 Å². The van der Waals surface area contributed by atoms with Crippen molar-refractivity contribution in [1.29, 1.82) is 0 Å². The SMILES string of the molecule is CN1CCCCC1COCc1ccc(CN)cc1. The lowest BCUT2D eigenvalue weighted by atomic mass is 10.0. The third kappa shape index (κ3) is 3.80. The molecule has 0 aromatic heterocycles. The minimum Gasteiger partial charge on any atom is -0.375 e. The molecule has 1 atom stereocenters. The van der Waals surface area contributed by atoms with Crippen molar-refractivity contribution in [3.63, 3.8) is 0 Å². The first kappa shape index (κ1) is 13.5. The number of ether oxygens (including phenoxy) is 1. The number of hydrogen-bond donors (Lipinski definition) is 1. The van der Waals surface area contributed by atoms with Gasteiger partial charge in [-0.25, -0.2) is 0 Å². The van der Waals surface area contributed by atoms with Gasteiger partial charge in [-0.05, 0) is 37.6 Å². The van der Waals surface area contributed by atoms with Crippen molar-refractivity contribution in [2.45, 2.75) is 38.5 Å². The van der Waals surface area contributed by atoms with E-state index in [-0.39, 0.29) is 0 Å². The highest BCUT2D eigenvalue weighted by Gasteiger charge is 2.18. The van der Waals surface area contributed by atoms with Gasteiger partial charge in [-0.2, -0.15) is 0 Å². The van der Waals surface area contributed by atoms with Gasteiger partial charge >= 0.3 is 0 Å². The van der Waals surface area contributed by atoms with Crippen molar-refractivity contribution in [3.8, 4) is 0 Å². The summed E-state index contributed by atoms with van der Waals surface area (Å²) in [5.41, 5.74) is 7.98. The summed E-state index contributed by atoms with van der Waals surface area (Å²) in [4.78, 5) is 2.42. The zero-order valence-corrected chi connectivity index (χ0v) is 11.3. The number of likely N-dealkylation sites (tertiary alicyclic amines) is 1. The van der Waals surface area contributed by atoms with E-state index >= 15 is 0 Å². The highest BCUT2D eigenvalue weighted by Crippen LogP contribution is 2.15. The lowest BCUT2D eigenvalue weighted by Crippen LogP contribution is -2.39. The van der Waals surface area contributed by atoms with Gasteiger partial charge in [-0.1, -0.05) is 30.7 Å². The normalized spacial score (nSPS) is 21.1. The Kier molecular flexibility index (Phi) is 5.17. The molecular formula is C15H24N2O. The van der Waals surface area contributed by atoms with Crippen molar-refractivity contribution in [2.24, 2.45) is 5.73 Å². The minimum absolute atomic E-state index is 0.599. The highest BCUT2D eigenvalue weighted by molar-refractivity contribution is 5.21. The molecule has 0 saturated carbocycles. The van der Waals surface area contributed by atoms with Crippen LogP contribution in [0.2, 0.25) is 0 Å². The molecule has 18 heavy (non-hydrogen) atoms. The molecule has 1 saturated heterocycles. The number of benzene rings is 1. The van der Waals surface area contributed by atoms with E-state index in [2.05, 4.69) is 36.2 Å². The highest BCUT2D eigenvalue weighted by atomic mass is 16.5. The summed E-state index contributed by atoms with van der Waals surface area (Å²) in [6.07, 6.45) is 3.93. The Balaban J connectivity index is 1.73. The van der Waals surface area contributed by atoms with Crippen molar-refractivity contribution in [2.75, 3.05) is 20.2 Å². The monoisotopic (exact) mass is 248 g/mol. The average molecular weight is 248 g/mol. The number of hydrogen-bond acceptors (Lipinski definition) is 3. The Labute approximate surface area is 110 Å². The van der Waals surface area contributed by atoms with E-state index in [0.717, 1.165) is 6.61 Å². The number of nitrogens with zero attached hydrogens (tertiary/aromatic N) is 1. The summed E-state index contributed by atoms with van der Waals surface area (Å²) in [7, 11) is 2.20. The zero-order chi connectivity index (χ0) is 12.8. The van der Waals surface area contributed by atoms with Gasteiger partial charge in [0.1, 0.15) is 0 Å². The van der Waals surface area contributed by atoms with Crippen LogP contribution in [0, 0.1) is 0 Å². The Morgan fingerprint density at radius 3 is 2.61 bits per heavy atom. The zero-order valence-electron chi connectivity index (χ0n) is 11.3. The van der Waals surface area contributed by atoms with Crippen LogP contribution in [-0.4, -0.2) is 31.1 Å². The Hall–Kier alpha value is -0.900. The molecule has 1 aliphatic rings. The van der Waals surface area contributed by atoms with Gasteiger partial charge in [0.15, 0.2) is 0 Å². The first-order valence-electron chi connectivity index (χ1n) is 6.85. The van der Waals surface area contributed by atoms with Crippen molar-refractivity contribution >= 4 is 0 Å². The molecule has 0 radical (unpaired) electrons.